The summed E-state index contributed by atoms with van der Waals surface area (Å²) >= 11 is 1.36. The van der Waals surface area contributed by atoms with E-state index < -0.39 is 12.6 Å². The topological polar surface area (TPSA) is 72.5 Å². The number of anilines is 1. The molecule has 1 heterocycles. The van der Waals surface area contributed by atoms with E-state index in [4.69, 9.17) is 4.74 Å². The number of carbonyl (C=O) groups excluding carboxylic acids is 1. The van der Waals surface area contributed by atoms with Crippen LogP contribution in [0.3, 0.4) is 0 Å². The number of ether oxygens (including phenoxy) is 2. The van der Waals surface area contributed by atoms with Crippen molar-refractivity contribution < 1.29 is 23.0 Å². The van der Waals surface area contributed by atoms with Gasteiger partial charge in [0, 0.05) is 6.54 Å². The Morgan fingerprint density at radius 1 is 1.23 bits per heavy atom. The van der Waals surface area contributed by atoms with E-state index in [0.29, 0.717) is 10.7 Å². The second-order valence-corrected chi connectivity index (χ2v) is 6.19. The van der Waals surface area contributed by atoms with Gasteiger partial charge < -0.3 is 14.8 Å². The lowest BCUT2D eigenvalue weighted by molar-refractivity contribution is -0.0512. The van der Waals surface area contributed by atoms with Crippen LogP contribution in [0.2, 0.25) is 0 Å². The molecule has 0 radical (unpaired) electrons. The van der Waals surface area contributed by atoms with Crippen molar-refractivity contribution in [1.29, 1.82) is 0 Å². The highest BCUT2D eigenvalue weighted by Crippen LogP contribution is 2.29. The Bertz CT molecular complexity index is 884. The van der Waals surface area contributed by atoms with Gasteiger partial charge in [-0.15, -0.1) is 0 Å². The van der Waals surface area contributed by atoms with Crippen molar-refractivity contribution in [1.82, 2.24) is 10.3 Å². The SMILES string of the molecule is COc1ccc(CNC(=O)Nc2nc3ccccc3s2)cc1OC(F)F. The molecule has 0 aliphatic carbocycles. The van der Waals surface area contributed by atoms with E-state index in [-0.39, 0.29) is 18.0 Å². The minimum Gasteiger partial charge on any atom is -0.493 e. The number of carbonyl (C=O) groups is 1. The van der Waals surface area contributed by atoms with Crippen LogP contribution in [0.5, 0.6) is 11.5 Å². The fourth-order valence-corrected chi connectivity index (χ4v) is 3.13. The number of nitrogens with one attached hydrogen (secondary N) is 2. The van der Waals surface area contributed by atoms with Crippen LogP contribution in [-0.4, -0.2) is 24.7 Å². The Morgan fingerprint density at radius 3 is 2.77 bits per heavy atom. The Balaban J connectivity index is 1.61. The van der Waals surface area contributed by atoms with Gasteiger partial charge in [0.25, 0.3) is 0 Å². The quantitative estimate of drug-likeness (QED) is 0.672. The van der Waals surface area contributed by atoms with Gasteiger partial charge in [0.1, 0.15) is 0 Å². The number of nitrogens with zero attached hydrogens (tertiary/aromatic N) is 1. The van der Waals surface area contributed by atoms with E-state index in [0.717, 1.165) is 10.2 Å². The monoisotopic (exact) mass is 379 g/mol. The molecule has 0 unspecified atom stereocenters. The first-order valence-corrected chi connectivity index (χ1v) is 8.39. The van der Waals surface area contributed by atoms with Gasteiger partial charge in [0.05, 0.1) is 17.3 Å². The molecule has 136 valence electrons. The molecule has 3 rings (SSSR count). The zero-order chi connectivity index (χ0) is 18.5. The van der Waals surface area contributed by atoms with E-state index in [9.17, 15) is 13.6 Å². The molecule has 0 aliphatic heterocycles. The third kappa shape index (κ3) is 4.37. The molecule has 26 heavy (non-hydrogen) atoms. The number of thiazole rings is 1. The maximum absolute atomic E-state index is 12.4. The number of amides is 2. The average molecular weight is 379 g/mol. The smallest absolute Gasteiger partial charge is 0.387 e. The molecule has 0 fully saturated rings. The van der Waals surface area contributed by atoms with Gasteiger partial charge in [0.2, 0.25) is 0 Å². The standard InChI is InChI=1S/C17H15F2N3O3S/c1-24-12-7-6-10(8-13(12)25-15(18)19)9-20-16(23)22-17-21-11-4-2-3-5-14(11)26-17/h2-8,15H,9H2,1H3,(H2,20,21,22,23). The maximum Gasteiger partial charge on any atom is 0.387 e. The van der Waals surface area contributed by atoms with Crippen LogP contribution in [-0.2, 0) is 6.54 Å². The van der Waals surface area contributed by atoms with Gasteiger partial charge in [0.15, 0.2) is 16.6 Å². The number of benzene rings is 2. The Kier molecular flexibility index (Phi) is 5.47. The number of aromatic nitrogens is 1. The highest BCUT2D eigenvalue weighted by Gasteiger charge is 2.12. The summed E-state index contributed by atoms with van der Waals surface area (Å²) in [6.45, 7) is -2.84. The number of methoxy groups -OCH3 is 1. The minimum absolute atomic E-state index is 0.0895. The highest BCUT2D eigenvalue weighted by molar-refractivity contribution is 7.22. The second kappa shape index (κ2) is 7.96. The molecule has 9 heteroatoms. The number of alkyl halides is 2. The van der Waals surface area contributed by atoms with Crippen molar-refractivity contribution in [2.45, 2.75) is 13.2 Å². The zero-order valence-corrected chi connectivity index (χ0v) is 14.5. The molecule has 3 aromatic rings. The molecule has 1 aromatic heterocycles. The first-order chi connectivity index (χ1) is 12.5. The van der Waals surface area contributed by atoms with Gasteiger partial charge in [-0.05, 0) is 29.8 Å². The molecule has 0 spiro atoms. The minimum atomic E-state index is -2.96. The molecular formula is C17H15F2N3O3S. The van der Waals surface area contributed by atoms with Crippen molar-refractivity contribution >= 4 is 32.7 Å². The number of hydrogen-bond donors (Lipinski definition) is 2. The lowest BCUT2D eigenvalue weighted by Crippen LogP contribution is -2.28. The van der Waals surface area contributed by atoms with Crippen LogP contribution in [0, 0.1) is 0 Å². The lowest BCUT2D eigenvalue weighted by atomic mass is 10.2. The number of hydrogen-bond acceptors (Lipinski definition) is 5. The highest BCUT2D eigenvalue weighted by atomic mass is 32.1. The fraction of sp³-hybridized carbons (Fsp3) is 0.176. The van der Waals surface area contributed by atoms with Crippen molar-refractivity contribution in [2.24, 2.45) is 0 Å². The van der Waals surface area contributed by atoms with Gasteiger partial charge in [-0.25, -0.2) is 9.78 Å². The van der Waals surface area contributed by atoms with E-state index in [1.807, 2.05) is 24.3 Å². The average Bonchev–Trinajstić information content (AvgIpc) is 3.01. The van der Waals surface area contributed by atoms with Gasteiger partial charge in [-0.2, -0.15) is 8.78 Å². The zero-order valence-electron chi connectivity index (χ0n) is 13.7. The maximum atomic E-state index is 12.4. The molecule has 2 N–H and O–H groups in total. The molecule has 0 saturated heterocycles. The van der Waals surface area contributed by atoms with Crippen LogP contribution in [0.4, 0.5) is 18.7 Å². The predicted octanol–water partition coefficient (Wildman–Crippen LogP) is 4.23. The van der Waals surface area contributed by atoms with Gasteiger partial charge in [-0.1, -0.05) is 29.5 Å². The van der Waals surface area contributed by atoms with E-state index in [1.165, 1.54) is 30.6 Å². The summed E-state index contributed by atoms with van der Waals surface area (Å²) in [4.78, 5) is 16.3. The normalized spacial score (nSPS) is 10.8. The van der Waals surface area contributed by atoms with Crippen molar-refractivity contribution in [3.63, 3.8) is 0 Å². The molecule has 0 saturated carbocycles. The van der Waals surface area contributed by atoms with Crippen LogP contribution in [0.15, 0.2) is 42.5 Å². The number of urea groups is 1. The fourth-order valence-electron chi connectivity index (χ4n) is 2.27. The second-order valence-electron chi connectivity index (χ2n) is 5.16. The summed E-state index contributed by atoms with van der Waals surface area (Å²) in [6.07, 6.45) is 0. The van der Waals surface area contributed by atoms with E-state index in [2.05, 4.69) is 20.4 Å². The first kappa shape index (κ1) is 17.9. The molecule has 6 nitrogen and oxygen atoms in total. The molecule has 2 amide bonds. The van der Waals surface area contributed by atoms with Crippen LogP contribution >= 0.6 is 11.3 Å². The number of rotatable bonds is 6. The molecular weight excluding hydrogens is 364 g/mol. The van der Waals surface area contributed by atoms with Gasteiger partial charge >= 0.3 is 12.6 Å². The van der Waals surface area contributed by atoms with E-state index >= 15 is 0 Å². The van der Waals surface area contributed by atoms with Crippen molar-refractivity contribution in [3.05, 3.63) is 48.0 Å². The number of para-hydroxylation sites is 1. The van der Waals surface area contributed by atoms with Gasteiger partial charge in [-0.3, -0.25) is 5.32 Å². The van der Waals surface area contributed by atoms with Crippen molar-refractivity contribution in [2.75, 3.05) is 12.4 Å². The third-order valence-corrected chi connectivity index (χ3v) is 4.36. The van der Waals surface area contributed by atoms with Crippen LogP contribution in [0.1, 0.15) is 5.56 Å². The Hall–Kier alpha value is -2.94. The van der Waals surface area contributed by atoms with E-state index in [1.54, 1.807) is 6.07 Å². The van der Waals surface area contributed by atoms with Crippen LogP contribution < -0.4 is 20.1 Å². The molecule has 0 atom stereocenters. The summed E-state index contributed by atoms with van der Waals surface area (Å²) in [7, 11) is 1.36. The summed E-state index contributed by atoms with van der Waals surface area (Å²) in [6, 6.07) is 11.6. The molecule has 2 aromatic carbocycles. The first-order valence-electron chi connectivity index (χ1n) is 7.57. The Labute approximate surface area is 151 Å². The summed E-state index contributed by atoms with van der Waals surface area (Å²) in [5, 5.41) is 5.77. The Morgan fingerprint density at radius 2 is 2.04 bits per heavy atom. The molecule has 0 aliphatic rings. The van der Waals surface area contributed by atoms with Crippen molar-refractivity contribution in [3.8, 4) is 11.5 Å². The lowest BCUT2D eigenvalue weighted by Gasteiger charge is -2.12. The third-order valence-electron chi connectivity index (χ3n) is 3.41. The largest absolute Gasteiger partial charge is 0.493 e. The predicted molar refractivity (Wildman–Crippen MR) is 95.1 cm³/mol. The summed E-state index contributed by atoms with van der Waals surface area (Å²) in [5.74, 6) is 0.0985. The van der Waals surface area contributed by atoms with Crippen LogP contribution in [0.25, 0.3) is 10.2 Å². The number of halogens is 2. The molecule has 0 bridgehead atoms. The summed E-state index contributed by atoms with van der Waals surface area (Å²) < 4.78 is 35.3. The summed E-state index contributed by atoms with van der Waals surface area (Å²) in [5.41, 5.74) is 1.39. The number of fused-ring (bicyclic) bond motifs is 1.